The Balaban J connectivity index is 1.88. The molecule has 2 rings (SSSR count). The predicted octanol–water partition coefficient (Wildman–Crippen LogP) is 1.81. The van der Waals surface area contributed by atoms with Crippen molar-refractivity contribution < 1.29 is 9.13 Å². The summed E-state index contributed by atoms with van der Waals surface area (Å²) >= 11 is 5.72. The molecule has 0 aliphatic carbocycles. The molecule has 0 unspecified atom stereocenters. The van der Waals surface area contributed by atoms with E-state index in [1.54, 1.807) is 6.07 Å². The highest BCUT2D eigenvalue weighted by Gasteiger charge is 2.12. The van der Waals surface area contributed by atoms with Crippen LogP contribution >= 0.6 is 11.6 Å². The zero-order valence-electron chi connectivity index (χ0n) is 10.1. The summed E-state index contributed by atoms with van der Waals surface area (Å²) in [4.78, 5) is 2.26. The standard InChI is InChI=1S/C12H17ClFN3O/c13-9-1-2-10(15)12(11(9)14)16-3-4-17-5-7-18-8-6-17/h1-2,16H,3-8,15H2. The second-order valence-corrected chi connectivity index (χ2v) is 4.61. The molecule has 0 amide bonds. The van der Waals surface area contributed by atoms with Gasteiger partial charge in [-0.05, 0) is 12.1 Å². The maximum absolute atomic E-state index is 13.7. The fourth-order valence-corrected chi connectivity index (χ4v) is 2.07. The van der Waals surface area contributed by atoms with Crippen LogP contribution in [0.4, 0.5) is 15.8 Å². The Morgan fingerprint density at radius 1 is 1.39 bits per heavy atom. The van der Waals surface area contributed by atoms with E-state index < -0.39 is 5.82 Å². The highest BCUT2D eigenvalue weighted by molar-refractivity contribution is 6.31. The monoisotopic (exact) mass is 273 g/mol. The zero-order chi connectivity index (χ0) is 13.0. The first kappa shape index (κ1) is 13.4. The van der Waals surface area contributed by atoms with Gasteiger partial charge in [0.05, 0.1) is 29.6 Å². The van der Waals surface area contributed by atoms with E-state index in [0.717, 1.165) is 32.8 Å². The van der Waals surface area contributed by atoms with Gasteiger partial charge in [-0.15, -0.1) is 0 Å². The molecule has 3 N–H and O–H groups in total. The fraction of sp³-hybridized carbons (Fsp3) is 0.500. The third-order valence-electron chi connectivity index (χ3n) is 2.96. The zero-order valence-corrected chi connectivity index (χ0v) is 10.8. The smallest absolute Gasteiger partial charge is 0.166 e. The van der Waals surface area contributed by atoms with Gasteiger partial charge >= 0.3 is 0 Å². The average Bonchev–Trinajstić information content (AvgIpc) is 2.39. The number of rotatable bonds is 4. The summed E-state index contributed by atoms with van der Waals surface area (Å²) in [6.45, 7) is 4.79. The topological polar surface area (TPSA) is 50.5 Å². The molecule has 4 nitrogen and oxygen atoms in total. The van der Waals surface area contributed by atoms with E-state index in [1.165, 1.54) is 6.07 Å². The van der Waals surface area contributed by atoms with Crippen molar-refractivity contribution in [3.05, 3.63) is 23.0 Å². The molecule has 100 valence electrons. The second kappa shape index (κ2) is 6.22. The van der Waals surface area contributed by atoms with Crippen molar-refractivity contribution >= 4 is 23.0 Å². The number of ether oxygens (including phenoxy) is 1. The average molecular weight is 274 g/mol. The largest absolute Gasteiger partial charge is 0.397 e. The van der Waals surface area contributed by atoms with Crippen LogP contribution in [0.25, 0.3) is 0 Å². The lowest BCUT2D eigenvalue weighted by atomic mass is 10.2. The summed E-state index contributed by atoms with van der Waals surface area (Å²) in [6.07, 6.45) is 0. The number of halogens is 2. The molecule has 1 aromatic rings. The van der Waals surface area contributed by atoms with E-state index >= 15 is 0 Å². The van der Waals surface area contributed by atoms with Crippen molar-refractivity contribution in [3.8, 4) is 0 Å². The van der Waals surface area contributed by atoms with Crippen molar-refractivity contribution in [2.45, 2.75) is 0 Å². The maximum Gasteiger partial charge on any atom is 0.166 e. The number of nitrogens with zero attached hydrogens (tertiary/aromatic N) is 1. The van der Waals surface area contributed by atoms with E-state index in [9.17, 15) is 4.39 Å². The molecule has 0 spiro atoms. The second-order valence-electron chi connectivity index (χ2n) is 4.21. The molecule has 18 heavy (non-hydrogen) atoms. The molecule has 6 heteroatoms. The molecule has 0 saturated carbocycles. The maximum atomic E-state index is 13.7. The van der Waals surface area contributed by atoms with Gasteiger partial charge in [-0.25, -0.2) is 4.39 Å². The van der Waals surface area contributed by atoms with E-state index in [1.807, 2.05) is 0 Å². The third kappa shape index (κ3) is 3.25. The fourth-order valence-electron chi connectivity index (χ4n) is 1.91. The Bertz CT molecular complexity index is 411. The first-order valence-corrected chi connectivity index (χ1v) is 6.33. The number of nitrogens with two attached hydrogens (primary N) is 1. The third-order valence-corrected chi connectivity index (χ3v) is 3.25. The number of nitrogens with one attached hydrogen (secondary N) is 1. The van der Waals surface area contributed by atoms with Crippen LogP contribution < -0.4 is 11.1 Å². The van der Waals surface area contributed by atoms with Crippen LogP contribution in [0, 0.1) is 5.82 Å². The van der Waals surface area contributed by atoms with E-state index in [2.05, 4.69) is 10.2 Å². The van der Waals surface area contributed by atoms with Crippen molar-refractivity contribution in [2.75, 3.05) is 50.4 Å². The summed E-state index contributed by atoms with van der Waals surface area (Å²) in [5.74, 6) is -0.487. The van der Waals surface area contributed by atoms with Gasteiger partial charge in [0.2, 0.25) is 0 Å². The van der Waals surface area contributed by atoms with E-state index in [0.29, 0.717) is 12.2 Å². The highest BCUT2D eigenvalue weighted by Crippen LogP contribution is 2.28. The molecular weight excluding hydrogens is 257 g/mol. The van der Waals surface area contributed by atoms with Gasteiger partial charge in [-0.1, -0.05) is 11.6 Å². The van der Waals surface area contributed by atoms with E-state index in [-0.39, 0.29) is 10.7 Å². The van der Waals surface area contributed by atoms with Gasteiger partial charge < -0.3 is 15.8 Å². The molecule has 1 fully saturated rings. The van der Waals surface area contributed by atoms with Crippen LogP contribution in [0.5, 0.6) is 0 Å². The predicted molar refractivity (Wildman–Crippen MR) is 71.6 cm³/mol. The van der Waals surface area contributed by atoms with Crippen molar-refractivity contribution in [2.24, 2.45) is 0 Å². The number of hydrogen-bond acceptors (Lipinski definition) is 4. The lowest BCUT2D eigenvalue weighted by molar-refractivity contribution is 0.0398. The van der Waals surface area contributed by atoms with Crippen LogP contribution in [0.1, 0.15) is 0 Å². The molecule has 0 aromatic heterocycles. The van der Waals surface area contributed by atoms with Crippen LogP contribution in [0.3, 0.4) is 0 Å². The van der Waals surface area contributed by atoms with Crippen LogP contribution in [0.15, 0.2) is 12.1 Å². The van der Waals surface area contributed by atoms with Crippen LogP contribution in [-0.4, -0.2) is 44.3 Å². The molecule has 0 radical (unpaired) electrons. The Labute approximate surface area is 111 Å². The molecule has 0 bridgehead atoms. The summed E-state index contributed by atoms with van der Waals surface area (Å²) in [5.41, 5.74) is 6.38. The number of hydrogen-bond donors (Lipinski definition) is 2. The van der Waals surface area contributed by atoms with Crippen LogP contribution in [-0.2, 0) is 4.74 Å². The summed E-state index contributed by atoms with van der Waals surface area (Å²) in [7, 11) is 0. The van der Waals surface area contributed by atoms with Gasteiger partial charge in [0.1, 0.15) is 0 Å². The Hall–Kier alpha value is -1.04. The molecule has 1 aromatic carbocycles. The molecule has 1 aliphatic heterocycles. The lowest BCUT2D eigenvalue weighted by Gasteiger charge is -2.26. The van der Waals surface area contributed by atoms with Gasteiger partial charge in [0.15, 0.2) is 5.82 Å². The van der Waals surface area contributed by atoms with Gasteiger partial charge in [-0.3, -0.25) is 4.90 Å². The number of benzene rings is 1. The first-order chi connectivity index (χ1) is 8.68. The van der Waals surface area contributed by atoms with Crippen molar-refractivity contribution in [3.63, 3.8) is 0 Å². The SMILES string of the molecule is Nc1ccc(Cl)c(F)c1NCCN1CCOCC1. The number of nitrogen functional groups attached to an aromatic ring is 1. The Morgan fingerprint density at radius 2 is 2.11 bits per heavy atom. The molecule has 1 saturated heterocycles. The van der Waals surface area contributed by atoms with Crippen LogP contribution in [0.2, 0.25) is 5.02 Å². The lowest BCUT2D eigenvalue weighted by Crippen LogP contribution is -2.39. The quantitative estimate of drug-likeness (QED) is 0.822. The highest BCUT2D eigenvalue weighted by atomic mass is 35.5. The normalized spacial score (nSPS) is 16.8. The molecule has 1 aliphatic rings. The minimum Gasteiger partial charge on any atom is -0.397 e. The summed E-state index contributed by atoms with van der Waals surface area (Å²) < 4.78 is 19.0. The minimum absolute atomic E-state index is 0.0815. The number of morpholine rings is 1. The Morgan fingerprint density at radius 3 is 2.83 bits per heavy atom. The Kier molecular flexibility index (Phi) is 4.63. The van der Waals surface area contributed by atoms with Crippen molar-refractivity contribution in [1.82, 2.24) is 4.90 Å². The minimum atomic E-state index is -0.487. The first-order valence-electron chi connectivity index (χ1n) is 5.96. The summed E-state index contributed by atoms with van der Waals surface area (Å²) in [6, 6.07) is 3.06. The summed E-state index contributed by atoms with van der Waals surface area (Å²) in [5, 5.41) is 3.08. The number of anilines is 2. The molecular formula is C12H17ClFN3O. The molecule has 1 heterocycles. The van der Waals surface area contributed by atoms with Gasteiger partial charge in [-0.2, -0.15) is 0 Å². The van der Waals surface area contributed by atoms with Gasteiger partial charge in [0.25, 0.3) is 0 Å². The van der Waals surface area contributed by atoms with Gasteiger partial charge in [0, 0.05) is 26.2 Å². The molecule has 0 atom stereocenters. The van der Waals surface area contributed by atoms with Crippen molar-refractivity contribution in [1.29, 1.82) is 0 Å². The van der Waals surface area contributed by atoms with E-state index in [4.69, 9.17) is 22.1 Å².